The number of aliphatic hydroxyl groups is 2. The van der Waals surface area contributed by atoms with E-state index in [9.17, 15) is 10.2 Å². The molecule has 0 bridgehead atoms. The summed E-state index contributed by atoms with van der Waals surface area (Å²) in [6.07, 6.45) is 3.85. The van der Waals surface area contributed by atoms with Crippen LogP contribution in [0.25, 0.3) is 10.9 Å². The van der Waals surface area contributed by atoms with Gasteiger partial charge in [0.05, 0.1) is 38.1 Å². The Morgan fingerprint density at radius 1 is 1.00 bits per heavy atom. The molecule has 0 aliphatic carbocycles. The summed E-state index contributed by atoms with van der Waals surface area (Å²) in [6, 6.07) is 16.0. The Hall–Kier alpha value is -2.92. The predicted octanol–water partition coefficient (Wildman–Crippen LogP) is 5.21. The van der Waals surface area contributed by atoms with Crippen molar-refractivity contribution < 1.29 is 24.4 Å². The molecule has 1 aliphatic heterocycles. The van der Waals surface area contributed by atoms with Gasteiger partial charge < -0.3 is 24.4 Å². The molecule has 34 heavy (non-hydrogen) atoms. The molecule has 7 heteroatoms. The second-order valence-corrected chi connectivity index (χ2v) is 9.93. The molecule has 4 rings (SSSR count). The summed E-state index contributed by atoms with van der Waals surface area (Å²) >= 11 is 0. The van der Waals surface area contributed by atoms with E-state index < -0.39 is 0 Å². The zero-order valence-electron chi connectivity index (χ0n) is 19.6. The van der Waals surface area contributed by atoms with E-state index in [1.54, 1.807) is 19.4 Å². The number of aliphatic hydroxyl groups excluding tert-OH is 2. The van der Waals surface area contributed by atoms with E-state index in [4.69, 9.17) is 14.2 Å². The van der Waals surface area contributed by atoms with Gasteiger partial charge in [0.15, 0.2) is 11.5 Å². The fraction of sp³-hybridized carbons (Fsp3) is 0.296. The van der Waals surface area contributed by atoms with Crippen molar-refractivity contribution >= 4 is 19.5 Å². The van der Waals surface area contributed by atoms with E-state index in [2.05, 4.69) is 49.2 Å². The van der Waals surface area contributed by atoms with Crippen LogP contribution in [0.1, 0.15) is 25.1 Å². The van der Waals surface area contributed by atoms with Crippen LogP contribution in [-0.4, -0.2) is 42.1 Å². The summed E-state index contributed by atoms with van der Waals surface area (Å²) in [4.78, 5) is 4.50. The Balaban J connectivity index is 1.69. The highest BCUT2D eigenvalue weighted by Gasteiger charge is 2.25. The highest BCUT2D eigenvalue weighted by atomic mass is 31.1. The lowest BCUT2D eigenvalue weighted by atomic mass is 10.1. The van der Waals surface area contributed by atoms with E-state index in [1.807, 2.05) is 18.2 Å². The minimum absolute atomic E-state index is 0.158. The van der Waals surface area contributed by atoms with Gasteiger partial charge in [-0.15, -0.1) is 0 Å². The molecule has 6 nitrogen and oxygen atoms in total. The monoisotopic (exact) mass is 479 g/mol. The van der Waals surface area contributed by atoms with Crippen LogP contribution in [0.5, 0.6) is 17.2 Å². The molecular weight excluding hydrogens is 449 g/mol. The van der Waals surface area contributed by atoms with Crippen molar-refractivity contribution in [2.45, 2.75) is 19.5 Å². The Morgan fingerprint density at radius 3 is 2.47 bits per heavy atom. The Bertz CT molecular complexity index is 1200. The minimum Gasteiger partial charge on any atom is -0.493 e. The molecule has 2 atom stereocenters. The normalized spacial score (nSPS) is 16.8. The molecule has 0 fully saturated rings. The van der Waals surface area contributed by atoms with E-state index in [-0.39, 0.29) is 31.4 Å². The Morgan fingerprint density at radius 2 is 1.76 bits per heavy atom. The molecular formula is C27H30NO5P. The molecule has 0 amide bonds. The van der Waals surface area contributed by atoms with E-state index in [0.29, 0.717) is 31.3 Å². The average molecular weight is 480 g/mol. The zero-order chi connectivity index (χ0) is 24.1. The van der Waals surface area contributed by atoms with Crippen molar-refractivity contribution in [3.63, 3.8) is 0 Å². The van der Waals surface area contributed by atoms with Crippen molar-refractivity contribution in [2.75, 3.05) is 26.9 Å². The number of hydrogen-bond acceptors (Lipinski definition) is 6. The summed E-state index contributed by atoms with van der Waals surface area (Å²) in [5, 5.41) is 20.8. The van der Waals surface area contributed by atoms with Gasteiger partial charge in [0, 0.05) is 23.6 Å². The Labute approximate surface area is 201 Å². The molecule has 3 aromatic rings. The number of methoxy groups -OCH3 is 1. The maximum atomic E-state index is 9.33. The van der Waals surface area contributed by atoms with Crippen LogP contribution >= 0.6 is 8.58 Å². The summed E-state index contributed by atoms with van der Waals surface area (Å²) in [7, 11) is 2.19. The van der Waals surface area contributed by atoms with E-state index in [0.717, 1.165) is 11.1 Å². The molecule has 0 spiro atoms. The van der Waals surface area contributed by atoms with Crippen LogP contribution < -0.4 is 14.2 Å². The first-order valence-electron chi connectivity index (χ1n) is 11.2. The lowest BCUT2D eigenvalue weighted by Crippen LogP contribution is -2.19. The number of hydrogen-bond donors (Lipinski definition) is 2. The zero-order valence-corrected chi connectivity index (χ0v) is 20.6. The number of allylic oxidation sites excluding steroid dienone is 4. The summed E-state index contributed by atoms with van der Waals surface area (Å²) in [6.45, 7) is 4.16. The quantitative estimate of drug-likeness (QED) is 0.410. The first-order valence-corrected chi connectivity index (χ1v) is 12.3. The molecule has 0 saturated carbocycles. The third-order valence-electron chi connectivity index (χ3n) is 5.93. The molecule has 1 aromatic heterocycles. The number of pyridine rings is 1. The third-order valence-corrected chi connectivity index (χ3v) is 7.67. The highest BCUT2D eigenvalue weighted by molar-refractivity contribution is 7.43. The fourth-order valence-corrected chi connectivity index (χ4v) is 5.15. The van der Waals surface area contributed by atoms with Gasteiger partial charge >= 0.3 is 0 Å². The molecule has 2 N–H and O–H groups in total. The second kappa shape index (κ2) is 11.0. The lowest BCUT2D eigenvalue weighted by molar-refractivity contribution is 0.105. The Kier molecular flexibility index (Phi) is 7.84. The SMILES string of the molecule is COc1cc2c(OC3=CC(C)=C(C)PC3c3ccccc3)ccnc2cc1OCC(CO)CO. The first kappa shape index (κ1) is 24.2. The molecule has 2 unspecified atom stereocenters. The highest BCUT2D eigenvalue weighted by Crippen LogP contribution is 2.51. The number of rotatable bonds is 9. The fourth-order valence-electron chi connectivity index (χ4n) is 3.78. The minimum atomic E-state index is -0.364. The van der Waals surface area contributed by atoms with E-state index >= 15 is 0 Å². The van der Waals surface area contributed by atoms with Crippen molar-refractivity contribution in [1.29, 1.82) is 0 Å². The predicted molar refractivity (Wildman–Crippen MR) is 136 cm³/mol. The van der Waals surface area contributed by atoms with Crippen LogP contribution in [0.2, 0.25) is 0 Å². The van der Waals surface area contributed by atoms with Crippen LogP contribution in [0.4, 0.5) is 0 Å². The average Bonchev–Trinajstić information content (AvgIpc) is 2.87. The first-order chi connectivity index (χ1) is 16.5. The number of fused-ring (bicyclic) bond motifs is 1. The molecule has 0 saturated heterocycles. The molecule has 0 radical (unpaired) electrons. The molecule has 1 aliphatic rings. The number of aromatic nitrogens is 1. The topological polar surface area (TPSA) is 81.0 Å². The van der Waals surface area contributed by atoms with Crippen molar-refractivity contribution in [3.05, 3.63) is 83.0 Å². The van der Waals surface area contributed by atoms with Crippen molar-refractivity contribution in [3.8, 4) is 17.2 Å². The lowest BCUT2D eigenvalue weighted by Gasteiger charge is -2.27. The summed E-state index contributed by atoms with van der Waals surface area (Å²) < 4.78 is 18.0. The van der Waals surface area contributed by atoms with Crippen LogP contribution in [-0.2, 0) is 0 Å². The number of benzene rings is 2. The number of ether oxygens (including phenoxy) is 3. The molecule has 178 valence electrons. The van der Waals surface area contributed by atoms with Crippen LogP contribution in [0.3, 0.4) is 0 Å². The van der Waals surface area contributed by atoms with Crippen LogP contribution in [0, 0.1) is 5.92 Å². The van der Waals surface area contributed by atoms with Gasteiger partial charge in [-0.05, 0) is 48.5 Å². The summed E-state index contributed by atoms with van der Waals surface area (Å²) in [5.41, 5.74) is 3.32. The molecule has 2 aromatic carbocycles. The standard InChI is InChI=1S/C27H30NO5P/c1-17-11-26(27(34-18(17)2)20-7-5-4-6-8-20)33-23-9-10-28-22-13-25(24(31-3)12-21(22)23)32-16-19(14-29)15-30/h4-13,19,27,29-30,34H,14-16H2,1-3H3. The van der Waals surface area contributed by atoms with Gasteiger partial charge in [-0.25, -0.2) is 0 Å². The van der Waals surface area contributed by atoms with Gasteiger partial charge in [-0.1, -0.05) is 38.9 Å². The van der Waals surface area contributed by atoms with Gasteiger partial charge in [0.25, 0.3) is 0 Å². The van der Waals surface area contributed by atoms with Crippen molar-refractivity contribution in [1.82, 2.24) is 4.98 Å². The maximum absolute atomic E-state index is 9.33. The van der Waals surface area contributed by atoms with Gasteiger partial charge in [-0.2, -0.15) is 0 Å². The third kappa shape index (κ3) is 5.25. The largest absolute Gasteiger partial charge is 0.493 e. The molecule has 2 heterocycles. The van der Waals surface area contributed by atoms with Gasteiger partial charge in [0.2, 0.25) is 0 Å². The van der Waals surface area contributed by atoms with Gasteiger partial charge in [0.1, 0.15) is 11.5 Å². The smallest absolute Gasteiger partial charge is 0.163 e. The second-order valence-electron chi connectivity index (χ2n) is 8.32. The maximum Gasteiger partial charge on any atom is 0.163 e. The van der Waals surface area contributed by atoms with E-state index in [1.165, 1.54) is 16.5 Å². The van der Waals surface area contributed by atoms with Crippen LogP contribution in [0.15, 0.2) is 77.5 Å². The van der Waals surface area contributed by atoms with Gasteiger partial charge in [-0.3, -0.25) is 4.98 Å². The summed E-state index contributed by atoms with van der Waals surface area (Å²) in [5.74, 6) is 2.28. The number of nitrogens with zero attached hydrogens (tertiary/aromatic N) is 1. The van der Waals surface area contributed by atoms with Crippen molar-refractivity contribution in [2.24, 2.45) is 5.92 Å².